The Morgan fingerprint density at radius 1 is 1.35 bits per heavy atom. The SMILES string of the molecule is CC(O)n1nc(C2CCC2)c(Oc2c(F)cccc2F)cc1=O. The summed E-state index contributed by atoms with van der Waals surface area (Å²) < 4.78 is 33.8. The molecular formula is C16H16F2N2O3. The van der Waals surface area contributed by atoms with Gasteiger partial charge in [-0.05, 0) is 31.9 Å². The number of aliphatic hydroxyl groups is 1. The summed E-state index contributed by atoms with van der Waals surface area (Å²) >= 11 is 0. The van der Waals surface area contributed by atoms with Crippen molar-refractivity contribution in [3.05, 3.63) is 51.9 Å². The molecule has 1 unspecified atom stereocenters. The second-order valence-electron chi connectivity index (χ2n) is 5.59. The average molecular weight is 322 g/mol. The molecule has 1 aliphatic carbocycles. The number of aromatic nitrogens is 2. The Kier molecular flexibility index (Phi) is 4.12. The van der Waals surface area contributed by atoms with Crippen LogP contribution in [0.15, 0.2) is 29.1 Å². The molecule has 1 aromatic carbocycles. The maximum Gasteiger partial charge on any atom is 0.272 e. The van der Waals surface area contributed by atoms with Gasteiger partial charge in [0.25, 0.3) is 5.56 Å². The van der Waals surface area contributed by atoms with E-state index in [1.165, 1.54) is 13.0 Å². The minimum atomic E-state index is -1.10. The van der Waals surface area contributed by atoms with Gasteiger partial charge in [0.15, 0.2) is 23.1 Å². The molecular weight excluding hydrogens is 306 g/mol. The van der Waals surface area contributed by atoms with E-state index in [4.69, 9.17) is 4.74 Å². The van der Waals surface area contributed by atoms with Crippen LogP contribution < -0.4 is 10.3 Å². The van der Waals surface area contributed by atoms with Gasteiger partial charge < -0.3 is 9.84 Å². The Hall–Kier alpha value is -2.28. The van der Waals surface area contributed by atoms with Crippen LogP contribution in [-0.4, -0.2) is 14.9 Å². The molecule has 0 aliphatic heterocycles. The van der Waals surface area contributed by atoms with Gasteiger partial charge in [0.2, 0.25) is 0 Å². The standard InChI is InChI=1S/C16H16F2N2O3/c1-9(21)20-14(22)8-13(15(19-20)10-4-2-5-10)23-16-11(17)6-3-7-12(16)18/h3,6-10,21H,2,4-5H2,1H3. The van der Waals surface area contributed by atoms with Gasteiger partial charge in [-0.2, -0.15) is 5.10 Å². The maximum absolute atomic E-state index is 13.8. The highest BCUT2D eigenvalue weighted by atomic mass is 19.1. The molecule has 1 fully saturated rings. The first kappa shape index (κ1) is 15.6. The molecule has 3 rings (SSSR count). The Morgan fingerprint density at radius 3 is 2.52 bits per heavy atom. The molecule has 5 nitrogen and oxygen atoms in total. The lowest BCUT2D eigenvalue weighted by Crippen LogP contribution is -2.28. The number of para-hydroxylation sites is 1. The number of benzene rings is 1. The average Bonchev–Trinajstić information content (AvgIpc) is 2.43. The fraction of sp³-hybridized carbons (Fsp3) is 0.375. The minimum absolute atomic E-state index is 0.0283. The van der Waals surface area contributed by atoms with E-state index in [2.05, 4.69) is 5.10 Å². The third kappa shape index (κ3) is 2.96. The Bertz CT molecular complexity index is 765. The van der Waals surface area contributed by atoms with Gasteiger partial charge in [-0.25, -0.2) is 13.5 Å². The number of ether oxygens (including phenoxy) is 1. The number of halogens is 2. The lowest BCUT2D eigenvalue weighted by Gasteiger charge is -2.27. The maximum atomic E-state index is 13.8. The van der Waals surface area contributed by atoms with Crippen LogP contribution in [0.4, 0.5) is 8.78 Å². The van der Waals surface area contributed by atoms with E-state index in [0.29, 0.717) is 5.69 Å². The predicted molar refractivity (Wildman–Crippen MR) is 78.5 cm³/mol. The lowest BCUT2D eigenvalue weighted by molar-refractivity contribution is 0.102. The van der Waals surface area contributed by atoms with Crippen molar-refractivity contribution < 1.29 is 18.6 Å². The Balaban J connectivity index is 2.07. The first-order valence-corrected chi connectivity index (χ1v) is 7.41. The molecule has 23 heavy (non-hydrogen) atoms. The van der Waals surface area contributed by atoms with E-state index in [-0.39, 0.29) is 11.7 Å². The van der Waals surface area contributed by atoms with Gasteiger partial charge in [0.1, 0.15) is 11.9 Å². The normalized spacial score (nSPS) is 16.0. The van der Waals surface area contributed by atoms with Crippen LogP contribution in [0.5, 0.6) is 11.5 Å². The molecule has 0 amide bonds. The summed E-state index contributed by atoms with van der Waals surface area (Å²) in [5.41, 5.74) is -0.172. The Morgan fingerprint density at radius 2 is 2.00 bits per heavy atom. The minimum Gasteiger partial charge on any atom is -0.449 e. The highest BCUT2D eigenvalue weighted by Gasteiger charge is 2.27. The lowest BCUT2D eigenvalue weighted by atomic mass is 9.82. The van der Waals surface area contributed by atoms with Crippen LogP contribution in [0.25, 0.3) is 0 Å². The van der Waals surface area contributed by atoms with Crippen LogP contribution in [0, 0.1) is 11.6 Å². The van der Waals surface area contributed by atoms with Gasteiger partial charge in [-0.1, -0.05) is 12.5 Å². The number of rotatable bonds is 4. The van der Waals surface area contributed by atoms with E-state index in [9.17, 15) is 18.7 Å². The molecule has 7 heteroatoms. The van der Waals surface area contributed by atoms with Crippen LogP contribution in [0.3, 0.4) is 0 Å². The fourth-order valence-electron chi connectivity index (χ4n) is 2.47. The highest BCUT2D eigenvalue weighted by Crippen LogP contribution is 2.40. The van der Waals surface area contributed by atoms with E-state index >= 15 is 0 Å². The van der Waals surface area contributed by atoms with Crippen molar-refractivity contribution in [1.29, 1.82) is 0 Å². The number of aliphatic hydroxyl groups excluding tert-OH is 1. The Labute approximate surface area is 131 Å². The van der Waals surface area contributed by atoms with Crippen molar-refractivity contribution in [3.8, 4) is 11.5 Å². The van der Waals surface area contributed by atoms with Gasteiger partial charge in [-0.15, -0.1) is 0 Å². The van der Waals surface area contributed by atoms with Crippen LogP contribution in [-0.2, 0) is 0 Å². The first-order valence-electron chi connectivity index (χ1n) is 7.41. The summed E-state index contributed by atoms with van der Waals surface area (Å²) in [4.78, 5) is 12.0. The monoisotopic (exact) mass is 322 g/mol. The first-order chi connectivity index (χ1) is 11.0. The number of hydrogen-bond donors (Lipinski definition) is 1. The van der Waals surface area contributed by atoms with Gasteiger partial charge in [-0.3, -0.25) is 4.79 Å². The van der Waals surface area contributed by atoms with E-state index in [1.807, 2.05) is 0 Å². The second kappa shape index (κ2) is 6.08. The topological polar surface area (TPSA) is 64.3 Å². The molecule has 1 aliphatic rings. The van der Waals surface area contributed by atoms with Crippen molar-refractivity contribution in [2.75, 3.05) is 0 Å². The van der Waals surface area contributed by atoms with Crippen molar-refractivity contribution in [2.24, 2.45) is 0 Å². The quantitative estimate of drug-likeness (QED) is 0.939. The molecule has 122 valence electrons. The van der Waals surface area contributed by atoms with Gasteiger partial charge in [0, 0.05) is 12.0 Å². The highest BCUT2D eigenvalue weighted by molar-refractivity contribution is 5.37. The third-order valence-electron chi connectivity index (χ3n) is 3.93. The summed E-state index contributed by atoms with van der Waals surface area (Å²) in [6.45, 7) is 1.41. The molecule has 1 heterocycles. The fourth-order valence-corrected chi connectivity index (χ4v) is 2.47. The van der Waals surface area contributed by atoms with Crippen molar-refractivity contribution in [1.82, 2.24) is 9.78 Å². The summed E-state index contributed by atoms with van der Waals surface area (Å²) in [7, 11) is 0. The second-order valence-corrected chi connectivity index (χ2v) is 5.59. The molecule has 0 saturated heterocycles. The van der Waals surface area contributed by atoms with Crippen LogP contribution in [0.1, 0.15) is 44.0 Å². The van der Waals surface area contributed by atoms with Crippen molar-refractivity contribution in [2.45, 2.75) is 38.3 Å². The summed E-state index contributed by atoms with van der Waals surface area (Å²) in [5.74, 6) is -2.20. The zero-order valence-electron chi connectivity index (χ0n) is 12.5. The van der Waals surface area contributed by atoms with E-state index in [1.54, 1.807) is 0 Å². The molecule has 0 bridgehead atoms. The molecule has 0 radical (unpaired) electrons. The van der Waals surface area contributed by atoms with E-state index < -0.39 is 29.2 Å². The molecule has 0 spiro atoms. The van der Waals surface area contributed by atoms with Crippen molar-refractivity contribution in [3.63, 3.8) is 0 Å². The van der Waals surface area contributed by atoms with Gasteiger partial charge >= 0.3 is 0 Å². The molecule has 2 aromatic rings. The largest absolute Gasteiger partial charge is 0.449 e. The third-order valence-corrected chi connectivity index (χ3v) is 3.93. The summed E-state index contributed by atoms with van der Waals surface area (Å²) in [6, 6.07) is 4.49. The van der Waals surface area contributed by atoms with Crippen molar-refractivity contribution >= 4 is 0 Å². The smallest absolute Gasteiger partial charge is 0.272 e. The van der Waals surface area contributed by atoms with Crippen LogP contribution >= 0.6 is 0 Å². The predicted octanol–water partition coefficient (Wildman–Crippen LogP) is 3.09. The molecule has 1 N–H and O–H groups in total. The molecule has 1 atom stereocenters. The van der Waals surface area contributed by atoms with E-state index in [0.717, 1.165) is 42.1 Å². The zero-order chi connectivity index (χ0) is 16.6. The summed E-state index contributed by atoms with van der Waals surface area (Å²) in [6.07, 6.45) is 1.61. The number of nitrogens with zero attached hydrogens (tertiary/aromatic N) is 2. The van der Waals surface area contributed by atoms with Crippen LogP contribution in [0.2, 0.25) is 0 Å². The number of hydrogen-bond acceptors (Lipinski definition) is 4. The zero-order valence-corrected chi connectivity index (χ0v) is 12.5. The summed E-state index contributed by atoms with van der Waals surface area (Å²) in [5, 5.41) is 13.7. The van der Waals surface area contributed by atoms with Gasteiger partial charge in [0.05, 0.1) is 0 Å². The molecule has 1 saturated carbocycles. The molecule has 1 aromatic heterocycles.